The van der Waals surface area contributed by atoms with E-state index in [1.807, 2.05) is 4.52 Å². The average molecular weight is 469 g/mol. The third-order valence-electron chi connectivity index (χ3n) is 10.8. The van der Waals surface area contributed by atoms with Crippen molar-refractivity contribution in [2.75, 3.05) is 0 Å². The lowest BCUT2D eigenvalue weighted by Crippen LogP contribution is -2.50. The van der Waals surface area contributed by atoms with Gasteiger partial charge < -0.3 is 5.11 Å². The summed E-state index contributed by atoms with van der Waals surface area (Å²) < 4.78 is 1.89. The number of aliphatic hydroxyl groups is 1. The molecule has 2 heterocycles. The molecule has 0 aliphatic heterocycles. The van der Waals surface area contributed by atoms with E-state index in [1.165, 1.54) is 37.8 Å². The Hall–Kier alpha value is -2.53. The molecule has 0 saturated heterocycles. The van der Waals surface area contributed by atoms with Crippen molar-refractivity contribution in [3.05, 3.63) is 60.1 Å². The van der Waals surface area contributed by atoms with E-state index in [0.29, 0.717) is 17.1 Å². The molecule has 3 aromatic rings. The maximum atomic E-state index is 10.3. The minimum absolute atomic E-state index is 0.132. The van der Waals surface area contributed by atoms with Crippen molar-refractivity contribution in [3.63, 3.8) is 0 Å². The molecule has 182 valence electrons. The Morgan fingerprint density at radius 1 is 1.00 bits per heavy atom. The number of aromatic nitrogens is 4. The first-order chi connectivity index (χ1) is 17.0. The first kappa shape index (κ1) is 21.7. The minimum Gasteiger partial charge on any atom is -0.393 e. The number of fused-ring (bicyclic) bond motifs is 6. The van der Waals surface area contributed by atoms with Crippen molar-refractivity contribution >= 4 is 5.78 Å². The van der Waals surface area contributed by atoms with Gasteiger partial charge in [-0.15, -0.1) is 0 Å². The quantitative estimate of drug-likeness (QED) is 0.455. The molecule has 0 radical (unpaired) electrons. The largest absolute Gasteiger partial charge is 0.393 e. The number of benzene rings is 1. The van der Waals surface area contributed by atoms with Crippen molar-refractivity contribution in [2.45, 2.75) is 77.2 Å². The minimum atomic E-state index is -0.132. The Morgan fingerprint density at radius 2 is 1.86 bits per heavy atom. The van der Waals surface area contributed by atoms with E-state index in [4.69, 9.17) is 4.98 Å². The van der Waals surface area contributed by atoms with Crippen molar-refractivity contribution in [1.29, 1.82) is 0 Å². The van der Waals surface area contributed by atoms with Crippen LogP contribution in [0.2, 0.25) is 0 Å². The number of allylic oxidation sites excluding steroid dienone is 1. The van der Waals surface area contributed by atoms with Gasteiger partial charge in [0.05, 0.1) is 17.5 Å². The molecule has 5 nitrogen and oxygen atoms in total. The van der Waals surface area contributed by atoms with Gasteiger partial charge in [0.1, 0.15) is 6.33 Å². The van der Waals surface area contributed by atoms with E-state index in [2.05, 4.69) is 66.4 Å². The maximum absolute atomic E-state index is 10.3. The Labute approximate surface area is 207 Å². The highest BCUT2D eigenvalue weighted by Gasteiger charge is 2.59. The first-order valence-electron chi connectivity index (χ1n) is 13.6. The van der Waals surface area contributed by atoms with E-state index in [-0.39, 0.29) is 11.5 Å². The lowest BCUT2D eigenvalue weighted by Gasteiger charge is -2.58. The molecule has 1 N–H and O–H groups in total. The Morgan fingerprint density at radius 3 is 2.71 bits per heavy atom. The number of rotatable bonds is 2. The molecule has 0 unspecified atom stereocenters. The molecular weight excluding hydrogens is 432 g/mol. The number of nitrogens with zero attached hydrogens (tertiary/aromatic N) is 4. The summed E-state index contributed by atoms with van der Waals surface area (Å²) in [7, 11) is 0. The summed E-state index contributed by atoms with van der Waals surface area (Å²) in [6, 6.07) is 12.8. The molecule has 1 aromatic carbocycles. The third kappa shape index (κ3) is 3.13. The molecule has 4 aliphatic rings. The molecule has 4 aliphatic carbocycles. The van der Waals surface area contributed by atoms with Gasteiger partial charge in [-0.2, -0.15) is 14.6 Å². The van der Waals surface area contributed by atoms with Gasteiger partial charge in [0.2, 0.25) is 0 Å². The maximum Gasteiger partial charge on any atom is 0.252 e. The fourth-order valence-corrected chi connectivity index (χ4v) is 8.95. The van der Waals surface area contributed by atoms with E-state index in [9.17, 15) is 5.11 Å². The zero-order chi connectivity index (χ0) is 23.8. The summed E-state index contributed by atoms with van der Waals surface area (Å²) in [6.45, 7) is 5.08. The average Bonchev–Trinajstić information content (AvgIpc) is 3.48. The monoisotopic (exact) mass is 468 g/mol. The molecule has 0 amide bonds. The van der Waals surface area contributed by atoms with Crippen LogP contribution in [0.15, 0.2) is 54.4 Å². The van der Waals surface area contributed by atoms with E-state index >= 15 is 0 Å². The molecule has 3 saturated carbocycles. The molecule has 0 bridgehead atoms. The van der Waals surface area contributed by atoms with Crippen molar-refractivity contribution in [2.24, 2.45) is 28.6 Å². The predicted octanol–water partition coefficient (Wildman–Crippen LogP) is 6.20. The fraction of sp³-hybridized carbons (Fsp3) is 0.567. The second kappa shape index (κ2) is 7.73. The Kier molecular flexibility index (Phi) is 4.80. The molecule has 7 atom stereocenters. The number of hydrogen-bond acceptors (Lipinski definition) is 4. The molecule has 0 spiro atoms. The fourth-order valence-electron chi connectivity index (χ4n) is 8.95. The highest BCUT2D eigenvalue weighted by Crippen LogP contribution is 2.67. The van der Waals surface area contributed by atoms with Crippen LogP contribution in [0.25, 0.3) is 17.0 Å². The van der Waals surface area contributed by atoms with E-state index in [0.717, 1.165) is 48.3 Å². The van der Waals surface area contributed by atoms with Gasteiger partial charge in [-0.1, -0.05) is 55.8 Å². The van der Waals surface area contributed by atoms with Crippen LogP contribution in [-0.2, 0) is 0 Å². The topological polar surface area (TPSA) is 63.3 Å². The first-order valence-corrected chi connectivity index (χ1v) is 13.6. The van der Waals surface area contributed by atoms with Crippen LogP contribution in [0, 0.1) is 28.6 Å². The summed E-state index contributed by atoms with van der Waals surface area (Å²) in [6.07, 6.45) is 13.3. The van der Waals surface area contributed by atoms with E-state index < -0.39 is 0 Å². The highest BCUT2D eigenvalue weighted by atomic mass is 16.3. The van der Waals surface area contributed by atoms with Gasteiger partial charge >= 0.3 is 0 Å². The summed E-state index contributed by atoms with van der Waals surface area (Å²) in [5.41, 5.74) is 5.57. The van der Waals surface area contributed by atoms with Gasteiger partial charge in [0, 0.05) is 11.5 Å². The predicted molar refractivity (Wildman–Crippen MR) is 137 cm³/mol. The van der Waals surface area contributed by atoms with Gasteiger partial charge in [0.15, 0.2) is 0 Å². The van der Waals surface area contributed by atoms with E-state index in [1.54, 1.807) is 11.9 Å². The summed E-state index contributed by atoms with van der Waals surface area (Å²) >= 11 is 0. The lowest BCUT2D eigenvalue weighted by atomic mass is 9.47. The molecule has 35 heavy (non-hydrogen) atoms. The molecule has 5 heteroatoms. The normalized spacial score (nSPS) is 38.5. The van der Waals surface area contributed by atoms with Crippen LogP contribution in [0.4, 0.5) is 0 Å². The summed E-state index contributed by atoms with van der Waals surface area (Å²) in [5.74, 6) is 3.43. The zero-order valence-electron chi connectivity index (χ0n) is 20.9. The molecular formula is C30H36N4O. The van der Waals surface area contributed by atoms with Crippen molar-refractivity contribution < 1.29 is 5.11 Å². The Balaban J connectivity index is 1.26. The van der Waals surface area contributed by atoms with Crippen LogP contribution in [0.3, 0.4) is 0 Å². The van der Waals surface area contributed by atoms with Gasteiger partial charge in [0.25, 0.3) is 5.78 Å². The zero-order valence-corrected chi connectivity index (χ0v) is 20.9. The number of hydrogen-bond donors (Lipinski definition) is 1. The van der Waals surface area contributed by atoms with Gasteiger partial charge in [-0.3, -0.25) is 0 Å². The smallest absolute Gasteiger partial charge is 0.252 e. The van der Waals surface area contributed by atoms with Crippen LogP contribution >= 0.6 is 0 Å². The van der Waals surface area contributed by atoms with Gasteiger partial charge in [-0.25, -0.2) is 4.98 Å². The second-order valence-electron chi connectivity index (χ2n) is 12.2. The summed E-state index contributed by atoms with van der Waals surface area (Å²) in [5, 5.41) is 14.8. The standard InChI is InChI=1S/C30H36N4O/c1-29-14-12-21(35)16-20(29)8-9-22-23-10-11-25(30(23,2)15-13-24(22)29)26-17-27(19-6-4-3-5-7-19)34-28(33-26)31-18-32-34/h3-8,17-18,21-25,35H,9-16H2,1-2H3/t21-,22-,23-,24-,25+,29-,30-/m0/s1. The number of aliphatic hydroxyl groups excluding tert-OH is 1. The highest BCUT2D eigenvalue weighted by molar-refractivity contribution is 5.62. The van der Waals surface area contributed by atoms with Crippen LogP contribution in [0.1, 0.15) is 76.8 Å². The lowest BCUT2D eigenvalue weighted by molar-refractivity contribution is -0.0412. The molecule has 3 fully saturated rings. The summed E-state index contributed by atoms with van der Waals surface area (Å²) in [4.78, 5) is 9.58. The van der Waals surface area contributed by atoms with Crippen molar-refractivity contribution in [1.82, 2.24) is 19.6 Å². The Bertz CT molecular complexity index is 1300. The molecule has 7 rings (SSSR count). The second-order valence-corrected chi connectivity index (χ2v) is 12.2. The molecule has 2 aromatic heterocycles. The van der Waals surface area contributed by atoms with Gasteiger partial charge in [-0.05, 0) is 86.0 Å². The van der Waals surface area contributed by atoms with Crippen LogP contribution in [-0.4, -0.2) is 30.8 Å². The van der Waals surface area contributed by atoms with Crippen molar-refractivity contribution in [3.8, 4) is 11.3 Å². The van der Waals surface area contributed by atoms with Crippen LogP contribution in [0.5, 0.6) is 0 Å². The SMILES string of the molecule is C[C@]12CC[C@H]3[C@@H](CC=C4C[C@@H](O)CC[C@@]43C)[C@@H]1CC[C@@H]2c1cc(-c2ccccc2)n2ncnc2n1. The van der Waals surface area contributed by atoms with Crippen LogP contribution < -0.4 is 0 Å². The third-order valence-corrected chi connectivity index (χ3v) is 10.8.